The molecule has 0 aliphatic carbocycles. The summed E-state index contributed by atoms with van der Waals surface area (Å²) in [4.78, 5) is 16.7. The van der Waals surface area contributed by atoms with Gasteiger partial charge < -0.3 is 0 Å². The molecule has 0 atom stereocenters. The van der Waals surface area contributed by atoms with Gasteiger partial charge in [-0.25, -0.2) is 20.4 Å². The van der Waals surface area contributed by atoms with Crippen LogP contribution in [0.5, 0.6) is 0 Å². The molecule has 2 N–H and O–H groups in total. The molecule has 18 heavy (non-hydrogen) atoms. The Balaban J connectivity index is 0.000000414. The van der Waals surface area contributed by atoms with Crippen LogP contribution in [0, 0.1) is 10.8 Å². The molecular weight excluding hydrogens is 343 g/mol. The zero-order valence-corrected chi connectivity index (χ0v) is 11.6. The molecule has 2 aromatic carbocycles. The SMILES string of the molecule is ICc1cccc2ccccc12.N=C=O.N=C=O. The number of nitrogens with one attached hydrogen (secondary N) is 2. The molecule has 0 aliphatic heterocycles. The second kappa shape index (κ2) is 10.4. The summed E-state index contributed by atoms with van der Waals surface area (Å²) in [5.74, 6) is 0. The van der Waals surface area contributed by atoms with Gasteiger partial charge in [0.15, 0.2) is 0 Å². The number of hydrogen-bond donors (Lipinski definition) is 2. The lowest BCUT2D eigenvalue weighted by atomic mass is 10.1. The third-order valence-corrected chi connectivity index (χ3v) is 2.85. The van der Waals surface area contributed by atoms with E-state index in [9.17, 15) is 0 Å². The molecule has 0 unspecified atom stereocenters. The van der Waals surface area contributed by atoms with E-state index in [-0.39, 0.29) is 0 Å². The van der Waals surface area contributed by atoms with E-state index < -0.39 is 0 Å². The van der Waals surface area contributed by atoms with Gasteiger partial charge in [-0.1, -0.05) is 65.1 Å². The first-order chi connectivity index (χ1) is 8.74. The largest absolute Gasteiger partial charge is 0.231 e. The minimum Gasteiger partial charge on any atom is -0.222 e. The molecule has 0 aliphatic rings. The van der Waals surface area contributed by atoms with Crippen molar-refractivity contribution in [3.8, 4) is 0 Å². The van der Waals surface area contributed by atoms with Gasteiger partial charge in [0.1, 0.15) is 0 Å². The predicted octanol–water partition coefficient (Wildman–Crippen LogP) is 3.58. The van der Waals surface area contributed by atoms with E-state index in [1.807, 2.05) is 0 Å². The number of carbonyl (C=O) groups excluding carboxylic acids is 2. The number of fused-ring (bicyclic) bond motifs is 1. The highest BCUT2D eigenvalue weighted by molar-refractivity contribution is 14.1. The quantitative estimate of drug-likeness (QED) is 0.355. The van der Waals surface area contributed by atoms with Crippen LogP contribution in [-0.4, -0.2) is 12.2 Å². The highest BCUT2D eigenvalue weighted by Gasteiger charge is 1.96. The van der Waals surface area contributed by atoms with E-state index in [4.69, 9.17) is 20.4 Å². The fourth-order valence-electron chi connectivity index (χ4n) is 1.41. The lowest BCUT2D eigenvalue weighted by molar-refractivity contribution is 0.562. The standard InChI is InChI=1S/C11H9I.2CHNO/c12-8-10-6-3-5-9-4-1-2-7-11(9)10;2*2-1-3/h1-7H,8H2;2*2H. The molecule has 0 spiro atoms. The Morgan fingerprint density at radius 3 is 2.00 bits per heavy atom. The number of halogens is 1. The smallest absolute Gasteiger partial charge is 0.222 e. The number of benzene rings is 2. The average Bonchev–Trinajstić information content (AvgIpc) is 2.40. The Bertz CT molecular complexity index is 540. The second-order valence-corrected chi connectivity index (χ2v) is 3.74. The molecule has 0 radical (unpaired) electrons. The zero-order valence-electron chi connectivity index (χ0n) is 9.44. The van der Waals surface area contributed by atoms with Crippen molar-refractivity contribution in [1.82, 2.24) is 0 Å². The Morgan fingerprint density at radius 2 is 1.44 bits per heavy atom. The molecule has 0 aromatic heterocycles. The van der Waals surface area contributed by atoms with Crippen LogP contribution in [0.25, 0.3) is 10.8 Å². The zero-order chi connectivity index (χ0) is 13.8. The molecule has 0 bridgehead atoms. The molecule has 0 amide bonds. The van der Waals surface area contributed by atoms with Crippen molar-refractivity contribution in [2.75, 3.05) is 0 Å². The monoisotopic (exact) mass is 354 g/mol. The van der Waals surface area contributed by atoms with Crippen molar-refractivity contribution in [1.29, 1.82) is 10.8 Å². The van der Waals surface area contributed by atoms with Crippen LogP contribution in [0.4, 0.5) is 0 Å². The number of alkyl halides is 1. The molecule has 0 saturated carbocycles. The van der Waals surface area contributed by atoms with Gasteiger partial charge in [0, 0.05) is 4.43 Å². The minimum atomic E-state index is 0.750. The summed E-state index contributed by atoms with van der Waals surface area (Å²) in [6, 6.07) is 15.0. The minimum absolute atomic E-state index is 0.750. The summed E-state index contributed by atoms with van der Waals surface area (Å²) in [7, 11) is 0. The van der Waals surface area contributed by atoms with Crippen LogP contribution >= 0.6 is 22.6 Å². The van der Waals surface area contributed by atoms with Crippen LogP contribution in [0.15, 0.2) is 42.5 Å². The second-order valence-electron chi connectivity index (χ2n) is 2.98. The first-order valence-corrected chi connectivity index (χ1v) is 6.38. The van der Waals surface area contributed by atoms with Gasteiger partial charge in [-0.3, -0.25) is 0 Å². The highest BCUT2D eigenvalue weighted by atomic mass is 127. The van der Waals surface area contributed by atoms with Gasteiger partial charge in [-0.15, -0.1) is 0 Å². The number of rotatable bonds is 1. The maximum absolute atomic E-state index is 8.35. The molecule has 0 saturated heterocycles. The third kappa shape index (κ3) is 5.50. The Labute approximate surface area is 118 Å². The fraction of sp³-hybridized carbons (Fsp3) is 0.0769. The molecular formula is C13H11IN2O2. The molecule has 92 valence electrons. The summed E-state index contributed by atoms with van der Waals surface area (Å²) < 4.78 is 1.08. The molecule has 0 fully saturated rings. The lowest BCUT2D eigenvalue weighted by Gasteiger charge is -2.01. The van der Waals surface area contributed by atoms with Crippen molar-refractivity contribution < 1.29 is 9.59 Å². The molecule has 5 heteroatoms. The summed E-state index contributed by atoms with van der Waals surface area (Å²) in [6.45, 7) is 0. The van der Waals surface area contributed by atoms with Crippen LogP contribution in [0.1, 0.15) is 5.56 Å². The number of hydrogen-bond acceptors (Lipinski definition) is 4. The summed E-state index contributed by atoms with van der Waals surface area (Å²) in [6.07, 6.45) is 1.50. The van der Waals surface area contributed by atoms with E-state index in [0.29, 0.717) is 0 Å². The van der Waals surface area contributed by atoms with E-state index in [1.54, 1.807) is 0 Å². The van der Waals surface area contributed by atoms with Crippen molar-refractivity contribution in [3.05, 3.63) is 48.0 Å². The van der Waals surface area contributed by atoms with E-state index in [0.717, 1.165) is 16.6 Å². The summed E-state index contributed by atoms with van der Waals surface area (Å²) in [5, 5.41) is 13.5. The summed E-state index contributed by atoms with van der Waals surface area (Å²) in [5.41, 5.74) is 1.42. The van der Waals surface area contributed by atoms with Gasteiger partial charge in [0.05, 0.1) is 0 Å². The fourth-order valence-corrected chi connectivity index (χ4v) is 2.07. The molecule has 2 rings (SSSR count). The van der Waals surface area contributed by atoms with E-state index >= 15 is 0 Å². The highest BCUT2D eigenvalue weighted by Crippen LogP contribution is 2.20. The van der Waals surface area contributed by atoms with Crippen LogP contribution in [-0.2, 0) is 14.0 Å². The van der Waals surface area contributed by atoms with Crippen LogP contribution in [0.2, 0.25) is 0 Å². The van der Waals surface area contributed by atoms with E-state index in [2.05, 4.69) is 65.1 Å². The average molecular weight is 354 g/mol. The Kier molecular flexibility index (Phi) is 9.31. The topological polar surface area (TPSA) is 81.8 Å². The normalized spacial score (nSPS) is 7.83. The third-order valence-electron chi connectivity index (χ3n) is 2.02. The number of isocyanates is 2. The maximum atomic E-state index is 8.35. The molecule has 2 aromatic rings. The van der Waals surface area contributed by atoms with Gasteiger partial charge in [0.25, 0.3) is 0 Å². The van der Waals surface area contributed by atoms with E-state index in [1.165, 1.54) is 16.3 Å². The van der Waals surface area contributed by atoms with Gasteiger partial charge >= 0.3 is 0 Å². The van der Waals surface area contributed by atoms with Gasteiger partial charge in [-0.2, -0.15) is 0 Å². The van der Waals surface area contributed by atoms with Crippen LogP contribution in [0.3, 0.4) is 0 Å². The molecule has 4 nitrogen and oxygen atoms in total. The van der Waals surface area contributed by atoms with Crippen molar-refractivity contribution in [2.45, 2.75) is 4.43 Å². The van der Waals surface area contributed by atoms with Crippen molar-refractivity contribution in [3.63, 3.8) is 0 Å². The Hall–Kier alpha value is -1.81. The Morgan fingerprint density at radius 1 is 0.944 bits per heavy atom. The first kappa shape index (κ1) is 16.2. The maximum Gasteiger partial charge on any atom is 0.231 e. The van der Waals surface area contributed by atoms with Gasteiger partial charge in [0.2, 0.25) is 12.2 Å². The molecule has 0 heterocycles. The lowest BCUT2D eigenvalue weighted by Crippen LogP contribution is -1.79. The predicted molar refractivity (Wildman–Crippen MR) is 78.5 cm³/mol. The van der Waals surface area contributed by atoms with Crippen LogP contribution < -0.4 is 0 Å². The van der Waals surface area contributed by atoms with Crippen molar-refractivity contribution in [2.24, 2.45) is 0 Å². The first-order valence-electron chi connectivity index (χ1n) is 4.85. The summed E-state index contributed by atoms with van der Waals surface area (Å²) >= 11 is 2.40. The van der Waals surface area contributed by atoms with Gasteiger partial charge in [-0.05, 0) is 16.3 Å². The van der Waals surface area contributed by atoms with Crippen molar-refractivity contribution >= 4 is 45.5 Å².